The highest BCUT2D eigenvalue weighted by molar-refractivity contribution is 7.10. The van der Waals surface area contributed by atoms with E-state index in [-0.39, 0.29) is 6.17 Å². The van der Waals surface area contributed by atoms with Crippen LogP contribution < -0.4 is 16.4 Å². The predicted molar refractivity (Wildman–Crippen MR) is 72.4 cm³/mol. The van der Waals surface area contributed by atoms with E-state index in [4.69, 9.17) is 5.73 Å². The average molecular weight is 251 g/mol. The Hall–Kier alpha value is -1.56. The number of hydrogen-bond donors (Lipinski definition) is 3. The molecule has 6 heteroatoms. The van der Waals surface area contributed by atoms with Crippen molar-refractivity contribution in [1.82, 2.24) is 10.6 Å². The number of aliphatic imine (C=N–C) groups is 2. The first kappa shape index (κ1) is 11.9. The number of guanidine groups is 2. The highest BCUT2D eigenvalue weighted by Gasteiger charge is 2.11. The van der Waals surface area contributed by atoms with Gasteiger partial charge in [0.25, 0.3) is 0 Å². The predicted octanol–water partition coefficient (Wildman–Crippen LogP) is 0.809. The maximum Gasteiger partial charge on any atom is 0.199 e. The Morgan fingerprint density at radius 2 is 2.41 bits per heavy atom. The zero-order chi connectivity index (χ0) is 12.3. The summed E-state index contributed by atoms with van der Waals surface area (Å²) in [7, 11) is 0. The largest absolute Gasteiger partial charge is 0.370 e. The van der Waals surface area contributed by atoms with Gasteiger partial charge in [0.1, 0.15) is 6.17 Å². The van der Waals surface area contributed by atoms with Crippen molar-refractivity contribution in [2.24, 2.45) is 15.7 Å². The van der Waals surface area contributed by atoms with Crippen molar-refractivity contribution in [3.8, 4) is 0 Å². The van der Waals surface area contributed by atoms with Gasteiger partial charge in [0.15, 0.2) is 11.9 Å². The standard InChI is InChI=1S/C11H17N5S/c1-7-5-9(6-17-7)3-4-13-11-15-8(2)14-10(12)16-11/h5-6,8H,3-4H2,1-2H3,(H4,12,13,14,15,16). The van der Waals surface area contributed by atoms with Crippen LogP contribution in [-0.2, 0) is 6.42 Å². The molecule has 1 aliphatic heterocycles. The lowest BCUT2D eigenvalue weighted by atomic mass is 10.2. The van der Waals surface area contributed by atoms with E-state index in [9.17, 15) is 0 Å². The van der Waals surface area contributed by atoms with Crippen molar-refractivity contribution in [2.75, 3.05) is 6.54 Å². The topological polar surface area (TPSA) is 74.8 Å². The highest BCUT2D eigenvalue weighted by atomic mass is 32.1. The second kappa shape index (κ2) is 5.18. The van der Waals surface area contributed by atoms with Gasteiger partial charge in [-0.15, -0.1) is 11.3 Å². The van der Waals surface area contributed by atoms with Crippen LogP contribution in [0.3, 0.4) is 0 Å². The second-order valence-electron chi connectivity index (χ2n) is 4.01. The van der Waals surface area contributed by atoms with Gasteiger partial charge in [-0.1, -0.05) is 0 Å². The lowest BCUT2D eigenvalue weighted by Gasteiger charge is -2.20. The van der Waals surface area contributed by atoms with Crippen LogP contribution in [0.1, 0.15) is 17.4 Å². The molecule has 1 aromatic rings. The van der Waals surface area contributed by atoms with Gasteiger partial charge in [-0.25, -0.2) is 4.99 Å². The van der Waals surface area contributed by atoms with Gasteiger partial charge < -0.3 is 11.1 Å². The minimum atomic E-state index is -0.0154. The van der Waals surface area contributed by atoms with E-state index < -0.39 is 0 Å². The maximum atomic E-state index is 5.62. The van der Waals surface area contributed by atoms with Crippen LogP contribution in [0.25, 0.3) is 0 Å². The lowest BCUT2D eigenvalue weighted by molar-refractivity contribution is 0.663. The second-order valence-corrected chi connectivity index (χ2v) is 5.12. The lowest BCUT2D eigenvalue weighted by Crippen LogP contribution is -2.52. The molecule has 1 aliphatic rings. The molecule has 4 N–H and O–H groups in total. The van der Waals surface area contributed by atoms with Gasteiger partial charge in [-0.2, -0.15) is 0 Å². The number of nitrogens with two attached hydrogens (primary N) is 1. The maximum absolute atomic E-state index is 5.62. The normalized spacial score (nSPS) is 21.9. The Morgan fingerprint density at radius 1 is 1.59 bits per heavy atom. The summed E-state index contributed by atoms with van der Waals surface area (Å²) in [6.45, 7) is 4.79. The summed E-state index contributed by atoms with van der Waals surface area (Å²) in [6.07, 6.45) is 0.932. The van der Waals surface area contributed by atoms with Crippen molar-refractivity contribution in [1.29, 1.82) is 0 Å². The summed E-state index contributed by atoms with van der Waals surface area (Å²) in [5.41, 5.74) is 6.96. The number of aryl methyl sites for hydroxylation is 1. The van der Waals surface area contributed by atoms with Gasteiger partial charge in [0.2, 0.25) is 0 Å². The van der Waals surface area contributed by atoms with E-state index in [2.05, 4.69) is 39.0 Å². The van der Waals surface area contributed by atoms with Gasteiger partial charge in [0, 0.05) is 11.4 Å². The van der Waals surface area contributed by atoms with E-state index in [1.54, 1.807) is 11.3 Å². The fraction of sp³-hybridized carbons (Fsp3) is 0.455. The smallest absolute Gasteiger partial charge is 0.199 e. The number of nitrogens with zero attached hydrogens (tertiary/aromatic N) is 2. The Labute approximate surface area is 105 Å². The fourth-order valence-corrected chi connectivity index (χ4v) is 2.38. The van der Waals surface area contributed by atoms with Gasteiger partial charge in [0.05, 0.1) is 0 Å². The van der Waals surface area contributed by atoms with Crippen molar-refractivity contribution < 1.29 is 0 Å². The van der Waals surface area contributed by atoms with Crippen molar-refractivity contribution in [3.63, 3.8) is 0 Å². The van der Waals surface area contributed by atoms with Gasteiger partial charge in [-0.05, 0) is 37.3 Å². The number of rotatable bonds is 3. The van der Waals surface area contributed by atoms with E-state index in [1.165, 1.54) is 10.4 Å². The molecule has 92 valence electrons. The van der Waals surface area contributed by atoms with Crippen LogP contribution in [0.4, 0.5) is 0 Å². The highest BCUT2D eigenvalue weighted by Crippen LogP contribution is 2.13. The zero-order valence-corrected chi connectivity index (χ0v) is 10.8. The van der Waals surface area contributed by atoms with E-state index in [1.807, 2.05) is 6.92 Å². The SMILES string of the molecule is Cc1cc(CCN=C2NC(N)=NC(C)N2)cs1. The summed E-state index contributed by atoms with van der Waals surface area (Å²) in [5, 5.41) is 8.20. The van der Waals surface area contributed by atoms with Gasteiger partial charge in [-0.3, -0.25) is 10.3 Å². The molecule has 1 atom stereocenters. The van der Waals surface area contributed by atoms with Crippen LogP contribution >= 0.6 is 11.3 Å². The van der Waals surface area contributed by atoms with Crippen LogP contribution in [0, 0.1) is 6.92 Å². The Bertz CT molecular complexity index is 448. The molecule has 0 fully saturated rings. The molecule has 2 heterocycles. The molecule has 1 unspecified atom stereocenters. The molecule has 0 radical (unpaired) electrons. The Morgan fingerprint density at radius 3 is 3.06 bits per heavy atom. The summed E-state index contributed by atoms with van der Waals surface area (Å²) in [6, 6.07) is 2.20. The fourth-order valence-electron chi connectivity index (χ4n) is 1.64. The Balaban J connectivity index is 1.87. The Kier molecular flexibility index (Phi) is 3.63. The summed E-state index contributed by atoms with van der Waals surface area (Å²) >= 11 is 1.77. The van der Waals surface area contributed by atoms with Crippen molar-refractivity contribution >= 4 is 23.3 Å². The molecule has 0 bridgehead atoms. The van der Waals surface area contributed by atoms with Crippen molar-refractivity contribution in [2.45, 2.75) is 26.4 Å². The molecular weight excluding hydrogens is 234 g/mol. The molecule has 0 spiro atoms. The average Bonchev–Trinajstić information content (AvgIpc) is 2.63. The van der Waals surface area contributed by atoms with Crippen LogP contribution in [0.2, 0.25) is 0 Å². The van der Waals surface area contributed by atoms with Gasteiger partial charge >= 0.3 is 0 Å². The third-order valence-corrected chi connectivity index (χ3v) is 3.29. The molecule has 0 saturated heterocycles. The molecular formula is C11H17N5S. The molecule has 0 saturated carbocycles. The minimum Gasteiger partial charge on any atom is -0.370 e. The molecule has 2 rings (SSSR count). The first-order chi connectivity index (χ1) is 8.13. The van der Waals surface area contributed by atoms with Crippen molar-refractivity contribution in [3.05, 3.63) is 21.9 Å². The van der Waals surface area contributed by atoms with Crippen LogP contribution in [0.5, 0.6) is 0 Å². The first-order valence-electron chi connectivity index (χ1n) is 5.59. The zero-order valence-electron chi connectivity index (χ0n) is 10.0. The third-order valence-electron chi connectivity index (χ3n) is 2.38. The monoisotopic (exact) mass is 251 g/mol. The molecule has 0 aliphatic carbocycles. The van der Waals surface area contributed by atoms with Crippen LogP contribution in [0.15, 0.2) is 21.4 Å². The molecule has 0 amide bonds. The molecule has 17 heavy (non-hydrogen) atoms. The molecule has 5 nitrogen and oxygen atoms in total. The number of thiophene rings is 1. The summed E-state index contributed by atoms with van der Waals surface area (Å²) in [5.74, 6) is 1.12. The third kappa shape index (κ3) is 3.45. The number of nitrogens with one attached hydrogen (secondary N) is 2. The van der Waals surface area contributed by atoms with Crippen LogP contribution in [-0.4, -0.2) is 24.6 Å². The molecule has 0 aromatic carbocycles. The van der Waals surface area contributed by atoms with E-state index in [0.717, 1.165) is 13.0 Å². The minimum absolute atomic E-state index is 0.0154. The summed E-state index contributed by atoms with van der Waals surface area (Å²) < 4.78 is 0. The summed E-state index contributed by atoms with van der Waals surface area (Å²) in [4.78, 5) is 9.86. The molecule has 1 aromatic heterocycles. The number of hydrogen-bond acceptors (Lipinski definition) is 4. The van der Waals surface area contributed by atoms with E-state index in [0.29, 0.717) is 11.9 Å². The van der Waals surface area contributed by atoms with E-state index >= 15 is 0 Å². The first-order valence-corrected chi connectivity index (χ1v) is 6.47. The quantitative estimate of drug-likeness (QED) is 0.744.